The summed E-state index contributed by atoms with van der Waals surface area (Å²) in [7, 11) is 3.18. The Morgan fingerprint density at radius 2 is 1.68 bits per heavy atom. The predicted octanol–water partition coefficient (Wildman–Crippen LogP) is 1.71. The normalized spacial score (nSPS) is 14.2. The van der Waals surface area contributed by atoms with Gasteiger partial charge >= 0.3 is 12.1 Å². The van der Waals surface area contributed by atoms with E-state index >= 15 is 0 Å². The minimum Gasteiger partial charge on any atom is -0.479 e. The molecule has 0 aromatic heterocycles. The summed E-state index contributed by atoms with van der Waals surface area (Å²) in [6, 6.07) is -0.802. The second-order valence-corrected chi connectivity index (χ2v) is 7.04. The molecule has 2 amide bonds. The van der Waals surface area contributed by atoms with Crippen LogP contribution in [0.3, 0.4) is 0 Å². The lowest BCUT2D eigenvalue weighted by Gasteiger charge is -2.32. The number of rotatable bonds is 6. The summed E-state index contributed by atoms with van der Waals surface area (Å²) >= 11 is 0. The average molecular weight is 316 g/mol. The van der Waals surface area contributed by atoms with Gasteiger partial charge in [-0.1, -0.05) is 34.6 Å². The first-order chi connectivity index (χ1) is 9.86. The molecule has 0 saturated heterocycles. The minimum atomic E-state index is -1.23. The largest absolute Gasteiger partial charge is 0.479 e. The molecule has 0 radical (unpaired) electrons. The number of likely N-dealkylation sites (N-methyl/N-ethyl adjacent to an activating group) is 1. The quantitative estimate of drug-likeness (QED) is 0.778. The molecule has 128 valence electrons. The van der Waals surface area contributed by atoms with E-state index < -0.39 is 29.6 Å². The molecular weight excluding hydrogens is 288 g/mol. The molecule has 0 bridgehead atoms. The highest BCUT2D eigenvalue weighted by Gasteiger charge is 2.35. The Hall–Kier alpha value is -1.79. The molecule has 0 unspecified atom stereocenters. The van der Waals surface area contributed by atoms with E-state index in [1.807, 2.05) is 34.6 Å². The Morgan fingerprint density at radius 1 is 1.18 bits per heavy atom. The molecule has 7 nitrogen and oxygen atoms in total. The zero-order chi connectivity index (χ0) is 17.7. The number of carboxylic acid groups (broad SMARTS) is 1. The van der Waals surface area contributed by atoms with Gasteiger partial charge in [-0.15, -0.1) is 0 Å². The number of carboxylic acids is 1. The highest BCUT2D eigenvalue weighted by molar-refractivity contribution is 5.86. The zero-order valence-electron chi connectivity index (χ0n) is 14.5. The first-order valence-electron chi connectivity index (χ1n) is 7.27. The van der Waals surface area contributed by atoms with E-state index in [9.17, 15) is 14.4 Å². The maximum atomic E-state index is 12.2. The van der Waals surface area contributed by atoms with Crippen molar-refractivity contribution in [3.63, 3.8) is 0 Å². The van der Waals surface area contributed by atoms with Crippen LogP contribution >= 0.6 is 0 Å². The third-order valence-electron chi connectivity index (χ3n) is 3.03. The van der Waals surface area contributed by atoms with Gasteiger partial charge in [-0.05, 0) is 17.8 Å². The summed E-state index contributed by atoms with van der Waals surface area (Å²) in [6.45, 7) is 9.10. The number of nitrogens with zero attached hydrogens (tertiary/aromatic N) is 1. The lowest BCUT2D eigenvalue weighted by Crippen LogP contribution is -2.54. The van der Waals surface area contributed by atoms with Crippen LogP contribution in [0.1, 0.15) is 41.0 Å². The third-order valence-corrected chi connectivity index (χ3v) is 3.03. The molecular formula is C15H28N2O5. The molecule has 22 heavy (non-hydrogen) atoms. The van der Waals surface area contributed by atoms with Crippen LogP contribution < -0.4 is 5.32 Å². The lowest BCUT2D eigenvalue weighted by molar-refractivity contribution is -0.147. The maximum absolute atomic E-state index is 12.2. The molecule has 0 fully saturated rings. The van der Waals surface area contributed by atoms with Crippen molar-refractivity contribution in [2.75, 3.05) is 14.1 Å². The molecule has 0 rings (SSSR count). The van der Waals surface area contributed by atoms with Crippen molar-refractivity contribution in [1.29, 1.82) is 0 Å². The second kappa shape index (κ2) is 8.00. The number of alkyl carbamates (subject to hydrolysis) is 1. The number of amides is 2. The van der Waals surface area contributed by atoms with E-state index in [0.717, 1.165) is 0 Å². The van der Waals surface area contributed by atoms with E-state index in [4.69, 9.17) is 9.84 Å². The molecule has 0 aromatic carbocycles. The Kier molecular flexibility index (Phi) is 7.35. The van der Waals surface area contributed by atoms with Crippen LogP contribution in [0.25, 0.3) is 0 Å². The number of carbonyl (C=O) groups is 3. The molecule has 0 aromatic rings. The number of aliphatic carboxylic acids is 1. The Morgan fingerprint density at radius 3 is 2.00 bits per heavy atom. The summed E-state index contributed by atoms with van der Waals surface area (Å²) in [4.78, 5) is 36.6. The summed E-state index contributed by atoms with van der Waals surface area (Å²) in [6.07, 6.45) is -1.91. The van der Waals surface area contributed by atoms with Crippen LogP contribution in [0.15, 0.2) is 0 Å². The Bertz CT molecular complexity index is 413. The van der Waals surface area contributed by atoms with Crippen LogP contribution in [0.4, 0.5) is 4.79 Å². The van der Waals surface area contributed by atoms with Crippen LogP contribution in [0.5, 0.6) is 0 Å². The number of nitrogens with one attached hydrogen (secondary N) is 1. The van der Waals surface area contributed by atoms with Crippen molar-refractivity contribution in [2.24, 2.45) is 11.3 Å². The van der Waals surface area contributed by atoms with Gasteiger partial charge in [0.05, 0.1) is 0 Å². The SMILES string of the molecule is CC(C)C[C@H](OC(=O)N[C@H](C(=O)N(C)C)C(C)(C)C)C(=O)O. The first kappa shape index (κ1) is 20.2. The molecule has 2 N–H and O–H groups in total. The molecule has 0 aliphatic carbocycles. The fourth-order valence-electron chi connectivity index (χ4n) is 1.82. The van der Waals surface area contributed by atoms with Gasteiger partial charge in [0.25, 0.3) is 0 Å². The zero-order valence-corrected chi connectivity index (χ0v) is 14.5. The topological polar surface area (TPSA) is 95.9 Å². The summed E-state index contributed by atoms with van der Waals surface area (Å²) < 4.78 is 4.96. The van der Waals surface area contributed by atoms with Gasteiger partial charge in [0.1, 0.15) is 6.04 Å². The third kappa shape index (κ3) is 6.78. The molecule has 0 saturated carbocycles. The fraction of sp³-hybridized carbons (Fsp3) is 0.800. The minimum absolute atomic E-state index is 0.0655. The molecule has 0 heterocycles. The summed E-state index contributed by atoms with van der Waals surface area (Å²) in [5, 5.41) is 11.6. The van der Waals surface area contributed by atoms with Gasteiger partial charge in [-0.2, -0.15) is 0 Å². The van der Waals surface area contributed by atoms with Gasteiger partial charge < -0.3 is 20.1 Å². The van der Waals surface area contributed by atoms with Crippen molar-refractivity contribution in [3.05, 3.63) is 0 Å². The van der Waals surface area contributed by atoms with Crippen molar-refractivity contribution >= 4 is 18.0 Å². The highest BCUT2D eigenvalue weighted by Crippen LogP contribution is 2.21. The second-order valence-electron chi connectivity index (χ2n) is 7.04. The van der Waals surface area contributed by atoms with Crippen molar-refractivity contribution in [3.8, 4) is 0 Å². The number of hydrogen-bond donors (Lipinski definition) is 2. The summed E-state index contributed by atoms with van der Waals surface area (Å²) in [5.41, 5.74) is -0.531. The highest BCUT2D eigenvalue weighted by atomic mass is 16.6. The van der Waals surface area contributed by atoms with Gasteiger partial charge in [-0.25, -0.2) is 9.59 Å². The lowest BCUT2D eigenvalue weighted by atomic mass is 9.86. The molecule has 0 spiro atoms. The van der Waals surface area contributed by atoms with Crippen LogP contribution in [-0.2, 0) is 14.3 Å². The Balaban J connectivity index is 4.96. The van der Waals surface area contributed by atoms with Crippen molar-refractivity contribution in [2.45, 2.75) is 53.2 Å². The molecule has 0 aliphatic heterocycles. The van der Waals surface area contributed by atoms with Crippen molar-refractivity contribution < 1.29 is 24.2 Å². The van der Waals surface area contributed by atoms with Gasteiger partial charge in [0.2, 0.25) is 12.0 Å². The average Bonchev–Trinajstić information content (AvgIpc) is 2.32. The van der Waals surface area contributed by atoms with Gasteiger partial charge in [0, 0.05) is 14.1 Å². The first-order valence-corrected chi connectivity index (χ1v) is 7.27. The molecule has 7 heteroatoms. The molecule has 0 aliphatic rings. The van der Waals surface area contributed by atoms with Crippen LogP contribution in [0.2, 0.25) is 0 Å². The van der Waals surface area contributed by atoms with E-state index in [1.165, 1.54) is 4.90 Å². The standard InChI is InChI=1S/C15H28N2O5/c1-9(2)8-10(13(19)20)22-14(21)16-11(15(3,4)5)12(18)17(6)7/h9-11H,8H2,1-7H3,(H,16,21)(H,19,20)/t10-,11+/m0/s1. The number of carbonyl (C=O) groups excluding carboxylic acids is 2. The number of ether oxygens (including phenoxy) is 1. The summed E-state index contributed by atoms with van der Waals surface area (Å²) in [5.74, 6) is -1.41. The van der Waals surface area contributed by atoms with E-state index in [-0.39, 0.29) is 18.2 Å². The Labute approximate surface area is 132 Å². The van der Waals surface area contributed by atoms with Gasteiger partial charge in [-0.3, -0.25) is 4.79 Å². The van der Waals surface area contributed by atoms with Gasteiger partial charge in [0.15, 0.2) is 0 Å². The monoisotopic (exact) mass is 316 g/mol. The van der Waals surface area contributed by atoms with E-state index in [2.05, 4.69) is 5.32 Å². The fourth-order valence-corrected chi connectivity index (χ4v) is 1.82. The van der Waals surface area contributed by atoms with Crippen molar-refractivity contribution in [1.82, 2.24) is 10.2 Å². The van der Waals surface area contributed by atoms with E-state index in [0.29, 0.717) is 0 Å². The maximum Gasteiger partial charge on any atom is 0.408 e. The predicted molar refractivity (Wildman–Crippen MR) is 82.4 cm³/mol. The number of hydrogen-bond acceptors (Lipinski definition) is 4. The molecule has 2 atom stereocenters. The van der Waals surface area contributed by atoms with Crippen LogP contribution in [-0.4, -0.2) is 54.2 Å². The van der Waals surface area contributed by atoms with E-state index in [1.54, 1.807) is 14.1 Å². The van der Waals surface area contributed by atoms with Crippen LogP contribution in [0, 0.1) is 11.3 Å². The smallest absolute Gasteiger partial charge is 0.408 e.